The van der Waals surface area contributed by atoms with Crippen LogP contribution < -0.4 is 24.2 Å². The Balaban J connectivity index is 0.000000678. The van der Waals surface area contributed by atoms with Crippen LogP contribution >= 0.6 is 0 Å². The van der Waals surface area contributed by atoms with Crippen molar-refractivity contribution in [2.45, 2.75) is 158 Å². The van der Waals surface area contributed by atoms with Crippen LogP contribution in [0.25, 0.3) is 0 Å². The third-order valence-electron chi connectivity index (χ3n) is 18.4. The first kappa shape index (κ1) is 103. The summed E-state index contributed by atoms with van der Waals surface area (Å²) in [4.78, 5) is 34.5. The largest absolute Gasteiger partial charge is 0.469 e. The molecule has 0 heterocycles. The van der Waals surface area contributed by atoms with E-state index in [9.17, 15) is 95.9 Å². The molecule has 18 nitrogen and oxygen atoms in total. The van der Waals surface area contributed by atoms with Gasteiger partial charge in [0.25, 0.3) is 0 Å². The maximum absolute atomic E-state index is 13.1. The summed E-state index contributed by atoms with van der Waals surface area (Å²) in [6, 6.07) is 52.8. The smallest absolute Gasteiger partial charge is 0.465 e. The molecule has 0 aliphatic heterocycles. The van der Waals surface area contributed by atoms with E-state index in [0.29, 0.717) is 55.0 Å². The maximum atomic E-state index is 13.1. The molecule has 1 aliphatic carbocycles. The number of Topliss-reactive ketones (excluding diaryl/α,β-unsaturated/α-hetero) is 1. The Bertz CT molecular complexity index is 4720. The molecule has 0 N–H and O–H groups in total. The molecule has 0 unspecified atom stereocenters. The fraction of sp³-hybridized carbons (Fsp3) is 0.471. The van der Waals surface area contributed by atoms with Crippen LogP contribution in [0.2, 0.25) is 0 Å². The number of anilines is 6. The number of hydrogen-bond acceptors (Lipinski definition) is 16. The number of methoxy groups -OCH3 is 1. The Kier molecular flexibility index (Phi) is 38.0. The second kappa shape index (κ2) is 44.6. The number of nitrogens with zero attached hydrogens (tertiary/aromatic N) is 6. The molecule has 121 heavy (non-hydrogen) atoms. The highest BCUT2D eigenvalue weighted by Gasteiger charge is 2.53. The molecule has 0 amide bonds. The van der Waals surface area contributed by atoms with Crippen molar-refractivity contribution in [3.8, 4) is 0 Å². The average Bonchev–Trinajstić information content (AvgIpc) is 0.771. The zero-order valence-electron chi connectivity index (χ0n) is 71.0. The first-order valence-corrected chi connectivity index (χ1v) is 45.3. The van der Waals surface area contributed by atoms with Crippen LogP contribution in [-0.4, -0.2) is 156 Å². The van der Waals surface area contributed by atoms with E-state index in [1.54, 1.807) is 14.0 Å². The lowest BCUT2D eigenvalue weighted by Gasteiger charge is -2.31. The van der Waals surface area contributed by atoms with Gasteiger partial charge in [-0.05, 0) is 145 Å². The lowest BCUT2D eigenvalue weighted by atomic mass is 10.0. The highest BCUT2D eigenvalue weighted by molar-refractivity contribution is 8.14. The number of carbonyl (C=O) groups excluding carboxylic acids is 2. The summed E-state index contributed by atoms with van der Waals surface area (Å²) in [7, 11) is -24.3. The Morgan fingerprint density at radius 3 is 0.975 bits per heavy atom. The summed E-state index contributed by atoms with van der Waals surface area (Å²) < 4.78 is 235. The van der Waals surface area contributed by atoms with Gasteiger partial charge in [0.1, 0.15) is 58.2 Å². The number of sulfone groups is 4. The Labute approximate surface area is 705 Å². The molecule has 1 aliphatic rings. The normalized spacial score (nSPS) is 13.2. The van der Waals surface area contributed by atoms with Gasteiger partial charge in [0, 0.05) is 154 Å². The van der Waals surface area contributed by atoms with Crippen molar-refractivity contribution in [2.75, 3.05) is 92.3 Å². The molecule has 0 radical (unpaired) electrons. The van der Waals surface area contributed by atoms with Crippen LogP contribution in [0.3, 0.4) is 0 Å². The predicted molar refractivity (Wildman–Crippen MR) is 457 cm³/mol. The highest BCUT2D eigenvalue weighted by atomic mass is 32.3. The molecule has 0 spiro atoms. The fourth-order valence-electron chi connectivity index (χ4n) is 12.8. The van der Waals surface area contributed by atoms with Crippen molar-refractivity contribution >= 4 is 108 Å². The topological polar surface area (TPSA) is 208 Å². The van der Waals surface area contributed by atoms with Crippen LogP contribution in [0.1, 0.15) is 139 Å². The summed E-state index contributed by atoms with van der Waals surface area (Å²) in [5, 5.41) is 0. The molecule has 0 saturated carbocycles. The number of rotatable bonds is 38. The molecule has 7 rings (SSSR count). The third kappa shape index (κ3) is 30.4. The second-order valence-corrected chi connectivity index (χ2v) is 40.7. The lowest BCUT2D eigenvalue weighted by Crippen LogP contribution is -2.37. The van der Waals surface area contributed by atoms with Crippen molar-refractivity contribution < 1.29 is 110 Å². The minimum Gasteiger partial charge on any atom is -0.465 e. The molecular formula is C87H112F12N6O12S4. The molecule has 0 atom stereocenters. The summed E-state index contributed by atoms with van der Waals surface area (Å²) in [5.74, 6) is 3.07. The van der Waals surface area contributed by atoms with E-state index in [-0.39, 0.29) is 32.0 Å². The minimum absolute atomic E-state index is 0.163. The van der Waals surface area contributed by atoms with Crippen molar-refractivity contribution in [1.82, 2.24) is 4.58 Å². The molecule has 0 saturated heterocycles. The number of hydrogen-bond donors (Lipinski definition) is 0. The van der Waals surface area contributed by atoms with Gasteiger partial charge in [0.15, 0.2) is 5.71 Å². The van der Waals surface area contributed by atoms with E-state index in [1.165, 1.54) is 28.2 Å². The molecule has 0 bridgehead atoms. The lowest BCUT2D eigenvalue weighted by molar-refractivity contribution is -0.538. The molecule has 34 heteroatoms. The summed E-state index contributed by atoms with van der Waals surface area (Å²) in [5.41, 5.74) is -8.76. The van der Waals surface area contributed by atoms with E-state index >= 15 is 0 Å². The first-order chi connectivity index (χ1) is 56.0. The summed E-state index contributed by atoms with van der Waals surface area (Å²) in [6.07, 6.45) is 12.3. The van der Waals surface area contributed by atoms with Crippen molar-refractivity contribution in [3.05, 3.63) is 201 Å². The van der Waals surface area contributed by atoms with Gasteiger partial charge in [-0.3, -0.25) is 43.3 Å². The zero-order chi connectivity index (χ0) is 91.1. The van der Waals surface area contributed by atoms with Gasteiger partial charge >= 0.3 is 28.0 Å². The third-order valence-corrected chi connectivity index (χ3v) is 26.5. The number of allylic oxidation sites excluding steroid dienone is 4. The van der Waals surface area contributed by atoms with Crippen LogP contribution in [-0.2, 0) is 77.7 Å². The van der Waals surface area contributed by atoms with E-state index < -0.39 is 70.5 Å². The van der Waals surface area contributed by atoms with Gasteiger partial charge in [-0.25, -0.2) is 4.58 Å². The molecule has 6 aromatic rings. The highest BCUT2D eigenvalue weighted by Crippen LogP contribution is 2.43. The van der Waals surface area contributed by atoms with E-state index in [4.69, 9.17) is 9.47 Å². The Morgan fingerprint density at radius 1 is 0.380 bits per heavy atom. The number of halogens is 12. The van der Waals surface area contributed by atoms with Gasteiger partial charge in [-0.2, -0.15) is 71.1 Å². The second-order valence-electron chi connectivity index (χ2n) is 31.9. The van der Waals surface area contributed by atoms with Crippen LogP contribution in [0.5, 0.6) is 0 Å². The summed E-state index contributed by atoms with van der Waals surface area (Å²) >= 11 is 0. The van der Waals surface area contributed by atoms with E-state index in [0.717, 1.165) is 123 Å². The van der Waals surface area contributed by atoms with Crippen molar-refractivity contribution in [1.29, 1.82) is 0 Å². The number of benzene rings is 6. The van der Waals surface area contributed by atoms with E-state index in [1.807, 2.05) is 24.3 Å². The minimum atomic E-state index is -6.51. The molecule has 0 fully saturated rings. The van der Waals surface area contributed by atoms with Gasteiger partial charge in [-0.15, -0.1) is 0 Å². The average molecular weight is 1790 g/mol. The molecule has 670 valence electrons. The van der Waals surface area contributed by atoms with E-state index in [2.05, 4.69) is 257 Å². The number of ketones is 1. The number of esters is 1. The number of ether oxygens (including phenoxy) is 2. The molecular weight excluding hydrogens is 1680 g/mol. The quantitative estimate of drug-likeness (QED) is 0.00881. The van der Waals surface area contributed by atoms with Crippen LogP contribution in [0.15, 0.2) is 170 Å². The summed E-state index contributed by atoms with van der Waals surface area (Å²) in [6.45, 7) is 37.2. The zero-order valence-corrected chi connectivity index (χ0v) is 74.3. The molecule has 6 aromatic carbocycles. The SMILES string of the molecule is COCCCN(CC(C)C)c1ccc([N+](=C2C=CC(=[N+](CC(C)C)CC(C)C)C=C2)c2ccc(N(c3ccc(N(CCCOC(=O)Cc4ccc(Cc5ccc(CC(C)=O)cc5)cc4)CC(C)C)cc3)c3ccc(N(CC(C)C)CC(C)C)cc3)cc2)cc1.C[C-](S(=O)(=O)C(F)(F)F)S(=O)(=O)C(F)(F)F.C[C-](S(=O)(=O)C(F)(F)F)S(=O)(=O)C(F)(F)F. The standard InChI is InChI=1S/C79H106N6O4.2C4H3F6O4S2/c1-58(2)52-80(45-15-47-88-14)69-25-33-73(34-26-69)84(75-37-29-71(30-38-75)82(54-60(5)6)55-61(7)8)77-41-43-78(44-42-77)85(76-39-31-72(32-40-76)83(56-62(9)10)57-63(11)12)74-35-27-70(28-36-74)81(53-59(3)4)46-16-48-89-79(87)51-68-23-21-67(22-24-68)50-66-19-17-65(18-20-66)49-64(13)86;2*1-2(15(11,12)3(5,6)7)16(13,14)4(8,9)10/h17-44,58-63H,15-16,45-57H2,1-14H3;2*1H3/q+2;2*-1. The maximum Gasteiger partial charge on any atom is 0.469 e. The monoisotopic (exact) mass is 1790 g/mol. The van der Waals surface area contributed by atoms with Crippen LogP contribution in [0, 0.1) is 44.7 Å². The molecule has 0 aromatic heterocycles. The van der Waals surface area contributed by atoms with Gasteiger partial charge < -0.3 is 29.1 Å². The van der Waals surface area contributed by atoms with Crippen molar-refractivity contribution in [3.63, 3.8) is 0 Å². The predicted octanol–water partition coefficient (Wildman–Crippen LogP) is 20.0. The van der Waals surface area contributed by atoms with Gasteiger partial charge in [0.05, 0.1) is 13.0 Å². The van der Waals surface area contributed by atoms with Gasteiger partial charge in [0.2, 0.25) is 17.1 Å². The van der Waals surface area contributed by atoms with Gasteiger partial charge in [-0.1, -0.05) is 141 Å². The Morgan fingerprint density at radius 2 is 0.661 bits per heavy atom. The number of carbonyl (C=O) groups is 2. The fourth-order valence-corrected chi connectivity index (χ4v) is 17.6. The first-order valence-electron chi connectivity index (χ1n) is 39.3. The van der Waals surface area contributed by atoms with Crippen LogP contribution in [0.4, 0.5) is 98.2 Å². The van der Waals surface area contributed by atoms with Crippen molar-refractivity contribution in [2.24, 2.45) is 35.5 Å². The Hall–Kier alpha value is -8.60. The number of alkyl halides is 12.